The fourth-order valence-corrected chi connectivity index (χ4v) is 3.10. The van der Waals surface area contributed by atoms with Gasteiger partial charge in [-0.1, -0.05) is 48.5 Å². The summed E-state index contributed by atoms with van der Waals surface area (Å²) in [4.78, 5) is 15.0. The highest BCUT2D eigenvalue weighted by molar-refractivity contribution is 5.83. The van der Waals surface area contributed by atoms with Crippen LogP contribution < -0.4 is 5.32 Å². The van der Waals surface area contributed by atoms with Crippen molar-refractivity contribution in [2.75, 3.05) is 0 Å². The number of aromatic nitrogens is 1. The van der Waals surface area contributed by atoms with Crippen molar-refractivity contribution in [1.82, 2.24) is 10.3 Å². The van der Waals surface area contributed by atoms with Gasteiger partial charge in [0.1, 0.15) is 6.10 Å². The molecule has 0 aliphatic carbocycles. The molecule has 0 spiro atoms. The number of amides is 1. The lowest BCUT2D eigenvalue weighted by molar-refractivity contribution is 0.132. The third-order valence-corrected chi connectivity index (χ3v) is 4.15. The third-order valence-electron chi connectivity index (χ3n) is 4.15. The fourth-order valence-electron chi connectivity index (χ4n) is 3.10. The second-order valence-electron chi connectivity index (χ2n) is 5.55. The molecule has 4 rings (SSSR count). The molecule has 2 N–H and O–H groups in total. The van der Waals surface area contributed by atoms with E-state index in [2.05, 4.69) is 22.4 Å². The number of cyclic esters (lactones) is 1. The van der Waals surface area contributed by atoms with Gasteiger partial charge in [0.2, 0.25) is 0 Å². The molecule has 1 saturated heterocycles. The van der Waals surface area contributed by atoms with Gasteiger partial charge in [-0.15, -0.1) is 0 Å². The Labute approximate surface area is 128 Å². The van der Waals surface area contributed by atoms with Crippen LogP contribution in [0.3, 0.4) is 0 Å². The number of nitrogens with one attached hydrogen (secondary N) is 2. The molecule has 1 aliphatic heterocycles. The van der Waals surface area contributed by atoms with E-state index in [0.717, 1.165) is 17.5 Å². The SMILES string of the molecule is O=C1N[C@@H](Cc2c[nH]c3ccccc23)[C@H](c2ccccc2)O1. The van der Waals surface area contributed by atoms with Gasteiger partial charge in [0.25, 0.3) is 0 Å². The maximum absolute atomic E-state index is 11.7. The summed E-state index contributed by atoms with van der Waals surface area (Å²) >= 11 is 0. The molecule has 2 atom stereocenters. The molecule has 0 unspecified atom stereocenters. The van der Waals surface area contributed by atoms with Crippen molar-refractivity contribution in [2.45, 2.75) is 18.6 Å². The van der Waals surface area contributed by atoms with E-state index in [-0.39, 0.29) is 18.2 Å². The van der Waals surface area contributed by atoms with Gasteiger partial charge < -0.3 is 15.0 Å². The molecule has 4 heteroatoms. The number of hydrogen-bond donors (Lipinski definition) is 2. The van der Waals surface area contributed by atoms with E-state index >= 15 is 0 Å². The maximum atomic E-state index is 11.7. The Balaban J connectivity index is 1.65. The number of hydrogen-bond acceptors (Lipinski definition) is 2. The zero-order chi connectivity index (χ0) is 14.9. The summed E-state index contributed by atoms with van der Waals surface area (Å²) in [6.07, 6.45) is 2.15. The molecule has 1 aliphatic rings. The van der Waals surface area contributed by atoms with Crippen molar-refractivity contribution in [1.29, 1.82) is 0 Å². The number of para-hydroxylation sites is 1. The number of H-pyrrole nitrogens is 1. The zero-order valence-electron chi connectivity index (χ0n) is 12.0. The first kappa shape index (κ1) is 13.0. The number of fused-ring (bicyclic) bond motifs is 1. The Morgan fingerprint density at radius 1 is 1.00 bits per heavy atom. The van der Waals surface area contributed by atoms with Crippen molar-refractivity contribution in [3.8, 4) is 0 Å². The molecular weight excluding hydrogens is 276 g/mol. The second-order valence-corrected chi connectivity index (χ2v) is 5.55. The van der Waals surface area contributed by atoms with Gasteiger partial charge in [0.15, 0.2) is 0 Å². The van der Waals surface area contributed by atoms with Gasteiger partial charge >= 0.3 is 6.09 Å². The minimum absolute atomic E-state index is 0.0610. The van der Waals surface area contributed by atoms with Gasteiger partial charge in [-0.2, -0.15) is 0 Å². The molecule has 0 radical (unpaired) electrons. The quantitative estimate of drug-likeness (QED) is 0.775. The lowest BCUT2D eigenvalue weighted by Crippen LogP contribution is -2.29. The van der Waals surface area contributed by atoms with E-state index in [1.54, 1.807) is 0 Å². The molecule has 1 fully saturated rings. The molecule has 1 amide bonds. The predicted octanol–water partition coefficient (Wildman–Crippen LogP) is 3.56. The summed E-state index contributed by atoms with van der Waals surface area (Å²) < 4.78 is 5.46. The largest absolute Gasteiger partial charge is 0.439 e. The Kier molecular flexibility index (Phi) is 3.07. The topological polar surface area (TPSA) is 54.1 Å². The first-order valence-electron chi connectivity index (χ1n) is 7.38. The average Bonchev–Trinajstić information content (AvgIpc) is 3.13. The van der Waals surface area contributed by atoms with Crippen molar-refractivity contribution in [2.24, 2.45) is 0 Å². The molecule has 2 heterocycles. The molecule has 1 aromatic heterocycles. The van der Waals surface area contributed by atoms with Crippen molar-refractivity contribution >= 4 is 17.0 Å². The van der Waals surface area contributed by atoms with Crippen LogP contribution in [0.15, 0.2) is 60.8 Å². The van der Waals surface area contributed by atoms with Crippen LogP contribution in [0.5, 0.6) is 0 Å². The van der Waals surface area contributed by atoms with Crippen LogP contribution >= 0.6 is 0 Å². The normalized spacial score (nSPS) is 20.8. The number of rotatable bonds is 3. The minimum Gasteiger partial charge on any atom is -0.439 e. The summed E-state index contributed by atoms with van der Waals surface area (Å²) in [5, 5.41) is 4.12. The highest BCUT2D eigenvalue weighted by Gasteiger charge is 2.35. The van der Waals surface area contributed by atoms with Crippen LogP contribution in [0.4, 0.5) is 4.79 Å². The summed E-state index contributed by atoms with van der Waals surface area (Å²) in [6.45, 7) is 0. The monoisotopic (exact) mass is 292 g/mol. The van der Waals surface area contributed by atoms with E-state index in [9.17, 15) is 4.79 Å². The van der Waals surface area contributed by atoms with Crippen LogP contribution in [-0.4, -0.2) is 17.1 Å². The summed E-state index contributed by atoms with van der Waals surface area (Å²) in [5.74, 6) is 0. The van der Waals surface area contributed by atoms with E-state index in [0.29, 0.717) is 0 Å². The van der Waals surface area contributed by atoms with Gasteiger partial charge in [-0.3, -0.25) is 0 Å². The number of aromatic amines is 1. The number of carbonyl (C=O) groups is 1. The van der Waals surface area contributed by atoms with Crippen LogP contribution in [-0.2, 0) is 11.2 Å². The van der Waals surface area contributed by atoms with Crippen LogP contribution in [0.1, 0.15) is 17.2 Å². The van der Waals surface area contributed by atoms with Gasteiger partial charge in [-0.25, -0.2) is 4.79 Å². The Morgan fingerprint density at radius 2 is 1.77 bits per heavy atom. The summed E-state index contributed by atoms with van der Waals surface area (Å²) in [5.41, 5.74) is 3.32. The maximum Gasteiger partial charge on any atom is 0.408 e. The van der Waals surface area contributed by atoms with E-state index < -0.39 is 0 Å². The fraction of sp³-hybridized carbons (Fsp3) is 0.167. The third kappa shape index (κ3) is 2.22. The van der Waals surface area contributed by atoms with E-state index in [4.69, 9.17) is 4.74 Å². The van der Waals surface area contributed by atoms with Crippen molar-refractivity contribution < 1.29 is 9.53 Å². The Hall–Kier alpha value is -2.75. The minimum atomic E-state index is -0.348. The highest BCUT2D eigenvalue weighted by Crippen LogP contribution is 2.30. The predicted molar refractivity (Wildman–Crippen MR) is 84.6 cm³/mol. The van der Waals surface area contributed by atoms with E-state index in [1.165, 1.54) is 10.9 Å². The van der Waals surface area contributed by atoms with Gasteiger partial charge in [-0.05, 0) is 23.6 Å². The number of alkyl carbamates (subject to hydrolysis) is 1. The lowest BCUT2D eigenvalue weighted by Gasteiger charge is -2.17. The molecule has 2 aromatic carbocycles. The summed E-state index contributed by atoms with van der Waals surface area (Å²) in [7, 11) is 0. The molecule has 110 valence electrons. The van der Waals surface area contributed by atoms with E-state index in [1.807, 2.05) is 48.7 Å². The molecule has 0 saturated carbocycles. The van der Waals surface area contributed by atoms with Gasteiger partial charge in [0.05, 0.1) is 6.04 Å². The smallest absolute Gasteiger partial charge is 0.408 e. The standard InChI is InChI=1S/C18H16N2O2/c21-18-20-16(17(22-18)12-6-2-1-3-7-12)10-13-11-19-15-9-5-4-8-14(13)15/h1-9,11,16-17,19H,10H2,(H,20,21)/t16-,17-/m0/s1. The first-order valence-corrected chi connectivity index (χ1v) is 7.38. The zero-order valence-corrected chi connectivity index (χ0v) is 12.0. The van der Waals surface area contributed by atoms with Crippen molar-refractivity contribution in [3.63, 3.8) is 0 Å². The number of benzene rings is 2. The highest BCUT2D eigenvalue weighted by atomic mass is 16.6. The Bertz CT molecular complexity index is 810. The average molecular weight is 292 g/mol. The van der Waals surface area contributed by atoms with Crippen LogP contribution in [0.25, 0.3) is 10.9 Å². The lowest BCUT2D eigenvalue weighted by atomic mass is 9.96. The van der Waals surface area contributed by atoms with Crippen molar-refractivity contribution in [3.05, 3.63) is 71.9 Å². The van der Waals surface area contributed by atoms with Crippen LogP contribution in [0, 0.1) is 0 Å². The molecular formula is C18H16N2O2. The molecule has 4 nitrogen and oxygen atoms in total. The number of carbonyl (C=O) groups excluding carboxylic acids is 1. The molecule has 22 heavy (non-hydrogen) atoms. The summed E-state index contributed by atoms with van der Waals surface area (Å²) in [6, 6.07) is 18.0. The Morgan fingerprint density at radius 3 is 2.64 bits per heavy atom. The second kappa shape index (κ2) is 5.22. The first-order chi connectivity index (χ1) is 10.8. The molecule has 3 aromatic rings. The molecule has 0 bridgehead atoms. The van der Waals surface area contributed by atoms with Gasteiger partial charge in [0, 0.05) is 17.1 Å². The van der Waals surface area contributed by atoms with Crippen LogP contribution in [0.2, 0.25) is 0 Å². The number of ether oxygens (including phenoxy) is 1.